The molecule has 3 rings (SSSR count). The van der Waals surface area contributed by atoms with Crippen LogP contribution >= 0.6 is 0 Å². The molecule has 0 spiro atoms. The van der Waals surface area contributed by atoms with Crippen LogP contribution in [0.25, 0.3) is 11.5 Å². The van der Waals surface area contributed by atoms with Crippen molar-refractivity contribution >= 4 is 5.91 Å². The van der Waals surface area contributed by atoms with Crippen molar-refractivity contribution in [1.82, 2.24) is 15.1 Å². The highest BCUT2D eigenvalue weighted by Gasteiger charge is 2.19. The molecule has 0 aliphatic rings. The second kappa shape index (κ2) is 7.32. The molecule has 1 N–H and O–H groups in total. The normalized spacial score (nSPS) is 10.2. The van der Waals surface area contributed by atoms with Gasteiger partial charge in [0.15, 0.2) is 11.5 Å². The van der Waals surface area contributed by atoms with Crippen molar-refractivity contribution < 1.29 is 9.21 Å². The highest BCUT2D eigenvalue weighted by Crippen LogP contribution is 2.19. The van der Waals surface area contributed by atoms with E-state index in [-0.39, 0.29) is 5.91 Å². The Morgan fingerprint density at radius 1 is 1.36 bits per heavy atom. The second-order valence-corrected chi connectivity index (χ2v) is 5.43. The maximum absolute atomic E-state index is 12.8. The first-order valence-corrected chi connectivity index (χ1v) is 7.69. The zero-order chi connectivity index (χ0) is 17.6. The molecule has 2 heterocycles. The minimum atomic E-state index is -0.226. The van der Waals surface area contributed by atoms with Gasteiger partial charge in [0.05, 0.1) is 17.9 Å². The first-order chi connectivity index (χ1) is 12.2. The second-order valence-electron chi connectivity index (χ2n) is 5.43. The number of amides is 1. The average molecular weight is 332 g/mol. The number of carbonyl (C=O) groups is 1. The van der Waals surface area contributed by atoms with Crippen LogP contribution in [0.4, 0.5) is 0 Å². The molecule has 0 saturated heterocycles. The van der Waals surface area contributed by atoms with Crippen molar-refractivity contribution in [3.63, 3.8) is 0 Å². The average Bonchev–Trinajstić information content (AvgIpc) is 3.32. The summed E-state index contributed by atoms with van der Waals surface area (Å²) in [5, 5.41) is 15.9. The Labute approximate surface area is 145 Å². The molecular weight excluding hydrogens is 316 g/mol. The van der Waals surface area contributed by atoms with Gasteiger partial charge in [0.2, 0.25) is 0 Å². The summed E-state index contributed by atoms with van der Waals surface area (Å²) < 4.78 is 5.30. The van der Waals surface area contributed by atoms with Gasteiger partial charge in [0, 0.05) is 19.2 Å². The lowest BCUT2D eigenvalue weighted by atomic mass is 10.1. The molecule has 6 heteroatoms. The molecule has 3 aromatic rings. The van der Waals surface area contributed by atoms with Gasteiger partial charge in [-0.3, -0.25) is 9.89 Å². The summed E-state index contributed by atoms with van der Waals surface area (Å²) in [6, 6.07) is 14.5. The number of nitriles is 1. The Kier molecular flexibility index (Phi) is 4.77. The maximum atomic E-state index is 12.8. The fraction of sp³-hybridized carbons (Fsp3) is 0.105. The summed E-state index contributed by atoms with van der Waals surface area (Å²) >= 11 is 0. The summed E-state index contributed by atoms with van der Waals surface area (Å²) in [6.07, 6.45) is 3.22. The summed E-state index contributed by atoms with van der Waals surface area (Å²) in [5.74, 6) is 0.389. The molecule has 0 radical (unpaired) electrons. The fourth-order valence-electron chi connectivity index (χ4n) is 2.49. The van der Waals surface area contributed by atoms with E-state index in [1.165, 1.54) is 0 Å². The predicted octanol–water partition coefficient (Wildman–Crippen LogP) is 3.37. The van der Waals surface area contributed by atoms with Gasteiger partial charge >= 0.3 is 0 Å². The summed E-state index contributed by atoms with van der Waals surface area (Å²) in [7, 11) is 0. The van der Waals surface area contributed by atoms with Gasteiger partial charge in [-0.25, -0.2) is 0 Å². The van der Waals surface area contributed by atoms with E-state index in [2.05, 4.69) is 22.8 Å². The van der Waals surface area contributed by atoms with Gasteiger partial charge in [0.25, 0.3) is 5.91 Å². The third-order valence-electron chi connectivity index (χ3n) is 3.65. The third kappa shape index (κ3) is 3.67. The number of benzene rings is 1. The van der Waals surface area contributed by atoms with Gasteiger partial charge in [0.1, 0.15) is 5.69 Å². The molecule has 0 aliphatic carbocycles. The Morgan fingerprint density at radius 3 is 2.96 bits per heavy atom. The Morgan fingerprint density at radius 2 is 2.24 bits per heavy atom. The summed E-state index contributed by atoms with van der Waals surface area (Å²) in [5.41, 5.74) is 2.36. The molecule has 0 aliphatic heterocycles. The molecule has 25 heavy (non-hydrogen) atoms. The van der Waals surface area contributed by atoms with E-state index in [1.54, 1.807) is 53.6 Å². The van der Waals surface area contributed by atoms with Gasteiger partial charge in [-0.05, 0) is 29.8 Å². The van der Waals surface area contributed by atoms with Crippen molar-refractivity contribution in [3.8, 4) is 17.5 Å². The Balaban J connectivity index is 1.81. The van der Waals surface area contributed by atoms with Crippen molar-refractivity contribution in [2.75, 3.05) is 6.54 Å². The van der Waals surface area contributed by atoms with Gasteiger partial charge in [-0.15, -0.1) is 6.58 Å². The van der Waals surface area contributed by atoms with Crippen LogP contribution in [0.1, 0.15) is 21.6 Å². The topological polar surface area (TPSA) is 85.9 Å². The monoisotopic (exact) mass is 332 g/mol. The molecular formula is C19H16N4O2. The molecule has 0 fully saturated rings. The summed E-state index contributed by atoms with van der Waals surface area (Å²) in [4.78, 5) is 14.4. The van der Waals surface area contributed by atoms with Crippen molar-refractivity contribution in [2.24, 2.45) is 0 Å². The molecule has 6 nitrogen and oxygen atoms in total. The molecule has 2 aromatic heterocycles. The van der Waals surface area contributed by atoms with Gasteiger partial charge in [-0.2, -0.15) is 10.4 Å². The standard InChI is InChI=1S/C19H16N4O2/c1-2-8-23(13-15-6-3-5-14(10-15)12-20)19(24)17-11-16(21-22-17)18-7-4-9-25-18/h2-7,9-11H,1,8,13H2,(H,21,22). The zero-order valence-corrected chi connectivity index (χ0v) is 13.5. The maximum Gasteiger partial charge on any atom is 0.274 e. The lowest BCUT2D eigenvalue weighted by Gasteiger charge is -2.20. The van der Waals surface area contributed by atoms with E-state index < -0.39 is 0 Å². The Hall–Kier alpha value is -3.59. The summed E-state index contributed by atoms with van der Waals surface area (Å²) in [6.45, 7) is 4.45. The Bertz CT molecular complexity index is 919. The highest BCUT2D eigenvalue weighted by atomic mass is 16.3. The number of hydrogen-bond donors (Lipinski definition) is 1. The van der Waals surface area contributed by atoms with E-state index in [0.29, 0.717) is 35.8 Å². The van der Waals surface area contributed by atoms with Gasteiger partial charge in [-0.1, -0.05) is 18.2 Å². The molecule has 124 valence electrons. The highest BCUT2D eigenvalue weighted by molar-refractivity contribution is 5.93. The van der Waals surface area contributed by atoms with Crippen LogP contribution in [-0.2, 0) is 6.54 Å². The minimum absolute atomic E-state index is 0.226. The molecule has 1 amide bonds. The lowest BCUT2D eigenvalue weighted by molar-refractivity contribution is 0.0756. The van der Waals surface area contributed by atoms with Crippen molar-refractivity contribution in [3.05, 3.63) is 78.2 Å². The SMILES string of the molecule is C=CCN(Cc1cccc(C#N)c1)C(=O)c1cc(-c2ccco2)[nH]n1. The largest absolute Gasteiger partial charge is 0.463 e. The number of nitrogens with one attached hydrogen (secondary N) is 1. The molecule has 1 aromatic carbocycles. The number of aromatic nitrogens is 2. The zero-order valence-electron chi connectivity index (χ0n) is 13.5. The van der Waals surface area contributed by atoms with Crippen LogP contribution in [0.15, 0.2) is 65.8 Å². The number of rotatable bonds is 6. The van der Waals surface area contributed by atoms with Crippen LogP contribution < -0.4 is 0 Å². The molecule has 0 atom stereocenters. The van der Waals surface area contributed by atoms with Crippen molar-refractivity contribution in [1.29, 1.82) is 5.26 Å². The third-order valence-corrected chi connectivity index (χ3v) is 3.65. The number of hydrogen-bond acceptors (Lipinski definition) is 4. The predicted molar refractivity (Wildman–Crippen MR) is 92.4 cm³/mol. The van der Waals surface area contributed by atoms with Crippen LogP contribution in [0.3, 0.4) is 0 Å². The van der Waals surface area contributed by atoms with Crippen molar-refractivity contribution in [2.45, 2.75) is 6.54 Å². The van der Waals surface area contributed by atoms with Crippen LogP contribution in [0.5, 0.6) is 0 Å². The van der Waals surface area contributed by atoms with Crippen LogP contribution in [0.2, 0.25) is 0 Å². The number of H-pyrrole nitrogens is 1. The van der Waals surface area contributed by atoms with Crippen LogP contribution in [-0.4, -0.2) is 27.5 Å². The molecule has 0 bridgehead atoms. The van der Waals surface area contributed by atoms with Gasteiger partial charge < -0.3 is 9.32 Å². The van der Waals surface area contributed by atoms with Crippen LogP contribution in [0, 0.1) is 11.3 Å². The number of furan rings is 1. The number of nitrogens with zero attached hydrogens (tertiary/aromatic N) is 3. The van der Waals surface area contributed by atoms with E-state index in [4.69, 9.17) is 9.68 Å². The van der Waals surface area contributed by atoms with E-state index in [0.717, 1.165) is 5.56 Å². The number of aromatic amines is 1. The molecule has 0 saturated carbocycles. The first-order valence-electron chi connectivity index (χ1n) is 7.69. The smallest absolute Gasteiger partial charge is 0.274 e. The first kappa shape index (κ1) is 16.3. The quantitative estimate of drug-likeness (QED) is 0.701. The number of carbonyl (C=O) groups excluding carboxylic acids is 1. The minimum Gasteiger partial charge on any atom is -0.463 e. The van der Waals surface area contributed by atoms with E-state index >= 15 is 0 Å². The van der Waals surface area contributed by atoms with E-state index in [1.807, 2.05) is 6.07 Å². The molecule has 0 unspecified atom stereocenters. The van der Waals surface area contributed by atoms with E-state index in [9.17, 15) is 4.79 Å². The fourth-order valence-corrected chi connectivity index (χ4v) is 2.49. The lowest BCUT2D eigenvalue weighted by Crippen LogP contribution is -2.31.